The zero-order valence-corrected chi connectivity index (χ0v) is 19.5. The molecule has 0 radical (unpaired) electrons. The van der Waals surface area contributed by atoms with E-state index in [9.17, 15) is 9.90 Å². The van der Waals surface area contributed by atoms with Crippen molar-refractivity contribution in [2.45, 2.75) is 97.1 Å². The van der Waals surface area contributed by atoms with Crippen molar-refractivity contribution in [2.75, 3.05) is 0 Å². The average molecular weight is 426 g/mol. The topological polar surface area (TPSA) is 78.9 Å². The van der Waals surface area contributed by atoms with Crippen LogP contribution >= 0.6 is 0 Å². The number of Topliss-reactive ketones (excluding diaryl/α,β-unsaturated/α-hetero) is 1. The number of carbonyl (C=O) groups is 1. The second kappa shape index (κ2) is 8.70. The molecule has 170 valence electrons. The Kier molecular flexibility index (Phi) is 6.32. The summed E-state index contributed by atoms with van der Waals surface area (Å²) in [6.45, 7) is 6.84. The number of hydrogen-bond acceptors (Lipinski definition) is 4. The second-order valence-corrected chi connectivity index (χ2v) is 11.3. The van der Waals surface area contributed by atoms with Gasteiger partial charge in [-0.25, -0.2) is 0 Å². The number of fused-ring (bicyclic) bond motifs is 3. The molecule has 1 aromatic heterocycles. The quantitative estimate of drug-likeness (QED) is 0.657. The number of carbonyl (C=O) groups excluding carboxylic acids is 1. The first-order valence-corrected chi connectivity index (χ1v) is 12.4. The minimum absolute atomic E-state index is 0.115. The molecule has 1 aromatic rings. The van der Waals surface area contributed by atoms with Crippen LogP contribution in [-0.4, -0.2) is 26.3 Å². The Bertz CT molecular complexity index is 838. The maximum atomic E-state index is 13.2. The molecule has 1 N–H and O–H groups in total. The molecule has 3 aliphatic carbocycles. The number of nitrogens with zero attached hydrogens (tertiary/aromatic N) is 3. The van der Waals surface area contributed by atoms with Gasteiger partial charge in [0.15, 0.2) is 5.78 Å². The highest BCUT2D eigenvalue weighted by Crippen LogP contribution is 2.62. The molecule has 0 aliphatic heterocycles. The third-order valence-corrected chi connectivity index (χ3v) is 9.12. The van der Waals surface area contributed by atoms with Crippen LogP contribution in [0.2, 0.25) is 0 Å². The zero-order chi connectivity index (χ0) is 22.2. The van der Waals surface area contributed by atoms with Crippen molar-refractivity contribution in [1.82, 2.24) is 9.78 Å². The number of rotatable bonds is 7. The van der Waals surface area contributed by atoms with E-state index < -0.39 is 5.60 Å². The first kappa shape index (κ1) is 22.5. The third-order valence-electron chi connectivity index (χ3n) is 9.12. The number of aromatic nitrogens is 2. The Balaban J connectivity index is 1.39. The Morgan fingerprint density at radius 1 is 1.35 bits per heavy atom. The molecule has 1 heterocycles. The summed E-state index contributed by atoms with van der Waals surface area (Å²) in [5.74, 6) is 3.24. The molecule has 0 amide bonds. The largest absolute Gasteiger partial charge is 0.390 e. The van der Waals surface area contributed by atoms with Gasteiger partial charge in [0.2, 0.25) is 0 Å². The van der Waals surface area contributed by atoms with E-state index in [0.29, 0.717) is 23.2 Å². The van der Waals surface area contributed by atoms with E-state index in [-0.39, 0.29) is 17.9 Å². The highest BCUT2D eigenvalue weighted by Gasteiger charge is 2.56. The lowest BCUT2D eigenvalue weighted by molar-refractivity contribution is -0.130. The Hall–Kier alpha value is -1.67. The number of ketones is 1. The zero-order valence-electron chi connectivity index (χ0n) is 19.5. The van der Waals surface area contributed by atoms with E-state index >= 15 is 0 Å². The van der Waals surface area contributed by atoms with Gasteiger partial charge in [-0.1, -0.05) is 26.7 Å². The highest BCUT2D eigenvalue weighted by molar-refractivity contribution is 5.82. The van der Waals surface area contributed by atoms with Gasteiger partial charge in [0.1, 0.15) is 6.07 Å². The molecule has 5 nitrogen and oxygen atoms in total. The maximum Gasteiger partial charge on any atom is 0.157 e. The smallest absolute Gasteiger partial charge is 0.157 e. The molecule has 3 aliphatic rings. The molecule has 1 unspecified atom stereocenters. The van der Waals surface area contributed by atoms with Crippen molar-refractivity contribution >= 4 is 5.78 Å². The lowest BCUT2D eigenvalue weighted by Crippen LogP contribution is -2.46. The van der Waals surface area contributed by atoms with E-state index in [1.165, 1.54) is 38.3 Å². The van der Waals surface area contributed by atoms with E-state index in [2.05, 4.69) is 25.0 Å². The molecular formula is C26H39N3O2. The lowest BCUT2D eigenvalue weighted by atomic mass is 9.53. The van der Waals surface area contributed by atoms with Gasteiger partial charge in [-0.15, -0.1) is 0 Å². The monoisotopic (exact) mass is 425 g/mol. The van der Waals surface area contributed by atoms with Crippen LogP contribution < -0.4 is 0 Å². The molecule has 31 heavy (non-hydrogen) atoms. The predicted molar refractivity (Wildman–Crippen MR) is 120 cm³/mol. The van der Waals surface area contributed by atoms with Gasteiger partial charge in [-0.3, -0.25) is 9.48 Å². The fourth-order valence-electron chi connectivity index (χ4n) is 7.82. The Morgan fingerprint density at radius 2 is 2.16 bits per heavy atom. The molecular weight excluding hydrogens is 386 g/mol. The van der Waals surface area contributed by atoms with E-state index in [1.807, 2.05) is 6.92 Å². The SMILES string of the molecule is CCCC(C)(O)C[C@H]1CC[C@@H]2[C@H](CC[C@]3(C)[C@@H](C(=O)Cn4cc(C#N)cn4)CC[C@@H]23)C1. The van der Waals surface area contributed by atoms with Gasteiger partial charge in [0.25, 0.3) is 0 Å². The molecule has 3 fully saturated rings. The first-order chi connectivity index (χ1) is 14.8. The fourth-order valence-corrected chi connectivity index (χ4v) is 7.82. The van der Waals surface area contributed by atoms with Crippen molar-refractivity contribution in [2.24, 2.45) is 35.0 Å². The summed E-state index contributed by atoms with van der Waals surface area (Å²) in [6, 6.07) is 2.09. The lowest BCUT2D eigenvalue weighted by Gasteiger charge is -2.52. The van der Waals surface area contributed by atoms with Crippen LogP contribution in [0.5, 0.6) is 0 Å². The van der Waals surface area contributed by atoms with Crippen LogP contribution in [0.1, 0.15) is 90.5 Å². The third kappa shape index (κ3) is 4.46. The van der Waals surface area contributed by atoms with Gasteiger partial charge in [-0.2, -0.15) is 10.4 Å². The number of hydrogen-bond donors (Lipinski definition) is 1. The van der Waals surface area contributed by atoms with Crippen molar-refractivity contribution in [3.63, 3.8) is 0 Å². The van der Waals surface area contributed by atoms with Crippen molar-refractivity contribution < 1.29 is 9.90 Å². The Labute approximate surface area is 187 Å². The average Bonchev–Trinajstić information content (AvgIpc) is 3.31. The minimum atomic E-state index is -0.516. The fraction of sp³-hybridized carbons (Fsp3) is 0.808. The molecule has 7 atom stereocenters. The van der Waals surface area contributed by atoms with Crippen molar-refractivity contribution in [3.05, 3.63) is 18.0 Å². The summed E-state index contributed by atoms with van der Waals surface area (Å²) < 4.78 is 1.64. The second-order valence-electron chi connectivity index (χ2n) is 11.3. The van der Waals surface area contributed by atoms with Crippen LogP contribution in [0.3, 0.4) is 0 Å². The van der Waals surface area contributed by atoms with E-state index in [0.717, 1.165) is 43.9 Å². The summed E-state index contributed by atoms with van der Waals surface area (Å²) in [6.07, 6.45) is 14.4. The molecule has 3 saturated carbocycles. The van der Waals surface area contributed by atoms with Gasteiger partial charge < -0.3 is 5.11 Å². The molecule has 0 spiro atoms. The Morgan fingerprint density at radius 3 is 2.87 bits per heavy atom. The van der Waals surface area contributed by atoms with E-state index in [4.69, 9.17) is 5.26 Å². The first-order valence-electron chi connectivity index (χ1n) is 12.4. The van der Waals surface area contributed by atoms with Crippen molar-refractivity contribution in [3.8, 4) is 6.07 Å². The van der Waals surface area contributed by atoms with Crippen molar-refractivity contribution in [1.29, 1.82) is 5.26 Å². The summed E-state index contributed by atoms with van der Waals surface area (Å²) in [7, 11) is 0. The molecule has 0 aromatic carbocycles. The van der Waals surface area contributed by atoms with Gasteiger partial charge >= 0.3 is 0 Å². The maximum absolute atomic E-state index is 13.2. The summed E-state index contributed by atoms with van der Waals surface area (Å²) in [5.41, 5.74) is 0.112. The highest BCUT2D eigenvalue weighted by atomic mass is 16.3. The summed E-state index contributed by atoms with van der Waals surface area (Å²) in [5, 5.41) is 23.9. The van der Waals surface area contributed by atoms with Gasteiger partial charge in [-0.05, 0) is 87.4 Å². The number of aliphatic hydroxyl groups is 1. The molecule has 0 saturated heterocycles. The van der Waals surface area contributed by atoms with Crippen LogP contribution in [0, 0.1) is 46.3 Å². The van der Waals surface area contributed by atoms with Gasteiger partial charge in [0, 0.05) is 12.1 Å². The molecule has 4 rings (SSSR count). The van der Waals surface area contributed by atoms with Crippen LogP contribution in [0.15, 0.2) is 12.4 Å². The summed E-state index contributed by atoms with van der Waals surface area (Å²) in [4.78, 5) is 13.2. The summed E-state index contributed by atoms with van der Waals surface area (Å²) >= 11 is 0. The molecule has 5 heteroatoms. The van der Waals surface area contributed by atoms with Gasteiger partial charge in [0.05, 0.1) is 23.9 Å². The molecule has 0 bridgehead atoms. The van der Waals surface area contributed by atoms with E-state index in [1.54, 1.807) is 10.9 Å². The predicted octanol–water partition coefficient (Wildman–Crippen LogP) is 5.12. The minimum Gasteiger partial charge on any atom is -0.390 e. The standard InChI is InChI=1S/C26H39N3O2/c1-4-10-25(2,31)13-18-5-6-21-20(12-18)9-11-26(3)22(21)7-8-23(26)24(30)17-29-16-19(14-27)15-28-29/h15-16,18,20-23,31H,4-13,17H2,1-3H3/t18-,20+,21+,22-,23+,25?,26-/m0/s1. The van der Waals surface area contributed by atoms with Crippen LogP contribution in [0.25, 0.3) is 0 Å². The van der Waals surface area contributed by atoms with Crippen LogP contribution in [-0.2, 0) is 11.3 Å². The van der Waals surface area contributed by atoms with Crippen LogP contribution in [0.4, 0.5) is 0 Å². The number of nitriles is 1. The normalized spacial score (nSPS) is 36.8.